The van der Waals surface area contributed by atoms with E-state index in [0.717, 1.165) is 13.0 Å². The molecule has 1 aliphatic heterocycles. The van der Waals surface area contributed by atoms with Gasteiger partial charge in [-0.15, -0.1) is 0 Å². The van der Waals surface area contributed by atoms with Crippen molar-refractivity contribution in [3.05, 3.63) is 0 Å². The molecule has 0 aromatic rings. The summed E-state index contributed by atoms with van der Waals surface area (Å²) in [6.07, 6.45) is 1.12. The van der Waals surface area contributed by atoms with E-state index in [1.807, 2.05) is 18.7 Å². The Morgan fingerprint density at radius 1 is 1.47 bits per heavy atom. The maximum Gasteiger partial charge on any atom is 0.227 e. The molecule has 0 spiro atoms. The third kappa shape index (κ3) is 2.58. The van der Waals surface area contributed by atoms with Gasteiger partial charge in [0.25, 0.3) is 0 Å². The van der Waals surface area contributed by atoms with E-state index in [-0.39, 0.29) is 17.9 Å². The van der Waals surface area contributed by atoms with Gasteiger partial charge in [0.05, 0.1) is 12.0 Å². The monoisotopic (exact) mass is 210 g/mol. The molecule has 0 saturated carbocycles. The van der Waals surface area contributed by atoms with Crippen LogP contribution in [0.2, 0.25) is 0 Å². The molecule has 0 radical (unpaired) electrons. The van der Waals surface area contributed by atoms with E-state index < -0.39 is 0 Å². The van der Waals surface area contributed by atoms with Crippen LogP contribution in [0.1, 0.15) is 34.1 Å². The Hall–Kier alpha value is -0.860. The molecule has 0 aromatic carbocycles. The van der Waals surface area contributed by atoms with Crippen molar-refractivity contribution in [2.75, 3.05) is 6.54 Å². The third-order valence-corrected chi connectivity index (χ3v) is 3.47. The second kappa shape index (κ2) is 4.77. The zero-order valence-electron chi connectivity index (χ0n) is 10.2. The van der Waals surface area contributed by atoms with Gasteiger partial charge >= 0.3 is 0 Å². The summed E-state index contributed by atoms with van der Waals surface area (Å²) in [5.41, 5.74) is 0. The number of hydrogen-bond acceptors (Lipinski definition) is 2. The van der Waals surface area contributed by atoms with Gasteiger partial charge in [-0.1, -0.05) is 13.8 Å². The van der Waals surface area contributed by atoms with Gasteiger partial charge in [-0.2, -0.15) is 0 Å². The predicted molar refractivity (Wildman–Crippen MR) is 63.1 cm³/mol. The number of nitrogens with zero attached hydrogens (tertiary/aromatic N) is 2. The minimum Gasteiger partial charge on any atom is -0.339 e. The number of aliphatic imine (C=N–C) groups is 1. The maximum atomic E-state index is 12.1. The van der Waals surface area contributed by atoms with Crippen LogP contribution in [0.5, 0.6) is 0 Å². The molecule has 0 aromatic heterocycles. The Kier molecular flexibility index (Phi) is 3.89. The fourth-order valence-electron chi connectivity index (χ4n) is 2.23. The molecule has 0 N–H and O–H groups in total. The Bertz CT molecular complexity index is 252. The quantitative estimate of drug-likeness (QED) is 0.655. The number of amides is 1. The zero-order chi connectivity index (χ0) is 11.6. The van der Waals surface area contributed by atoms with Crippen molar-refractivity contribution >= 4 is 12.6 Å². The van der Waals surface area contributed by atoms with Crippen molar-refractivity contribution in [2.45, 2.75) is 46.2 Å². The molecular formula is C12H22N2O. The second-order valence-electron chi connectivity index (χ2n) is 4.89. The smallest absolute Gasteiger partial charge is 0.227 e. The number of carbonyl (C=O) groups excluding carboxylic acids is 1. The lowest BCUT2D eigenvalue weighted by atomic mass is 10.0. The summed E-state index contributed by atoms with van der Waals surface area (Å²) in [4.78, 5) is 18.1. The van der Waals surface area contributed by atoms with Gasteiger partial charge in [0, 0.05) is 12.6 Å². The number of carbonyl (C=O) groups is 1. The number of likely N-dealkylation sites (tertiary alicyclic amines) is 1. The first-order valence-corrected chi connectivity index (χ1v) is 5.73. The average Bonchev–Trinajstić information content (AvgIpc) is 2.54. The van der Waals surface area contributed by atoms with Gasteiger partial charge in [0.2, 0.25) is 5.91 Å². The highest BCUT2D eigenvalue weighted by Gasteiger charge is 2.33. The lowest BCUT2D eigenvalue weighted by Crippen LogP contribution is -2.40. The largest absolute Gasteiger partial charge is 0.339 e. The van der Waals surface area contributed by atoms with Gasteiger partial charge in [0.15, 0.2) is 0 Å². The molecular weight excluding hydrogens is 188 g/mol. The van der Waals surface area contributed by atoms with Gasteiger partial charge in [-0.3, -0.25) is 9.79 Å². The molecule has 86 valence electrons. The van der Waals surface area contributed by atoms with E-state index in [1.54, 1.807) is 0 Å². The summed E-state index contributed by atoms with van der Waals surface area (Å²) < 4.78 is 0. The molecule has 4 atom stereocenters. The molecule has 3 heteroatoms. The summed E-state index contributed by atoms with van der Waals surface area (Å²) in [7, 11) is 0. The standard InChI is InChI=1S/C12H22N2O/c1-8-6-9(2)14(7-8)12(15)10(3)11(4)13-5/h8-11H,5-7H2,1-4H3/t8?,9-,10?,11?/m1/s1. The zero-order valence-corrected chi connectivity index (χ0v) is 10.2. The summed E-state index contributed by atoms with van der Waals surface area (Å²) in [6, 6.07) is 0.396. The maximum absolute atomic E-state index is 12.1. The molecule has 1 heterocycles. The Morgan fingerprint density at radius 3 is 2.47 bits per heavy atom. The highest BCUT2D eigenvalue weighted by molar-refractivity contribution is 5.79. The van der Waals surface area contributed by atoms with Crippen molar-refractivity contribution in [3.63, 3.8) is 0 Å². The van der Waals surface area contributed by atoms with Crippen molar-refractivity contribution in [1.82, 2.24) is 4.90 Å². The number of rotatable bonds is 3. The minimum absolute atomic E-state index is 0.0145. The molecule has 1 saturated heterocycles. The highest BCUT2D eigenvalue weighted by Crippen LogP contribution is 2.25. The van der Waals surface area contributed by atoms with Crippen LogP contribution in [0, 0.1) is 11.8 Å². The van der Waals surface area contributed by atoms with Crippen LogP contribution in [0.15, 0.2) is 4.99 Å². The minimum atomic E-state index is -0.0461. The molecule has 1 fully saturated rings. The summed E-state index contributed by atoms with van der Waals surface area (Å²) in [5, 5.41) is 0. The third-order valence-electron chi connectivity index (χ3n) is 3.47. The fraction of sp³-hybridized carbons (Fsp3) is 0.833. The Balaban J connectivity index is 2.64. The second-order valence-corrected chi connectivity index (χ2v) is 4.89. The topological polar surface area (TPSA) is 32.7 Å². The van der Waals surface area contributed by atoms with Gasteiger partial charge in [-0.25, -0.2) is 0 Å². The van der Waals surface area contributed by atoms with Crippen LogP contribution in [-0.4, -0.2) is 36.2 Å². The van der Waals surface area contributed by atoms with Crippen LogP contribution in [0.3, 0.4) is 0 Å². The van der Waals surface area contributed by atoms with Crippen LogP contribution in [0.4, 0.5) is 0 Å². The van der Waals surface area contributed by atoms with E-state index in [2.05, 4.69) is 25.6 Å². The van der Waals surface area contributed by atoms with Gasteiger partial charge < -0.3 is 4.90 Å². The molecule has 1 amide bonds. The molecule has 1 rings (SSSR count). The molecule has 3 unspecified atom stereocenters. The highest BCUT2D eigenvalue weighted by atomic mass is 16.2. The average molecular weight is 210 g/mol. The first-order valence-electron chi connectivity index (χ1n) is 5.73. The van der Waals surface area contributed by atoms with Crippen LogP contribution < -0.4 is 0 Å². The first-order chi connectivity index (χ1) is 6.97. The summed E-state index contributed by atoms with van der Waals surface area (Å²) >= 11 is 0. The Labute approximate surface area is 92.6 Å². The van der Waals surface area contributed by atoms with E-state index >= 15 is 0 Å². The summed E-state index contributed by atoms with van der Waals surface area (Å²) in [6.45, 7) is 12.6. The van der Waals surface area contributed by atoms with Gasteiger partial charge in [-0.05, 0) is 32.9 Å². The fourth-order valence-corrected chi connectivity index (χ4v) is 2.23. The van der Waals surface area contributed by atoms with Crippen molar-refractivity contribution in [2.24, 2.45) is 16.8 Å². The predicted octanol–water partition coefficient (Wildman–Crippen LogP) is 1.97. The Morgan fingerprint density at radius 2 is 2.07 bits per heavy atom. The van der Waals surface area contributed by atoms with Crippen molar-refractivity contribution < 1.29 is 4.79 Å². The van der Waals surface area contributed by atoms with Crippen LogP contribution in [-0.2, 0) is 4.79 Å². The SMILES string of the molecule is C=NC(C)C(C)C(=O)N1CC(C)C[C@H]1C. The lowest BCUT2D eigenvalue weighted by Gasteiger charge is -2.26. The van der Waals surface area contributed by atoms with Crippen LogP contribution >= 0.6 is 0 Å². The summed E-state index contributed by atoms with van der Waals surface area (Å²) in [5.74, 6) is 0.810. The molecule has 15 heavy (non-hydrogen) atoms. The first kappa shape index (κ1) is 12.2. The molecule has 0 bridgehead atoms. The van der Waals surface area contributed by atoms with E-state index in [1.165, 1.54) is 0 Å². The lowest BCUT2D eigenvalue weighted by molar-refractivity contribution is -0.136. The van der Waals surface area contributed by atoms with Crippen molar-refractivity contribution in [3.8, 4) is 0 Å². The van der Waals surface area contributed by atoms with E-state index in [4.69, 9.17) is 0 Å². The number of hydrogen-bond donors (Lipinski definition) is 0. The molecule has 0 aliphatic carbocycles. The normalized spacial score (nSPS) is 30.0. The molecule has 1 aliphatic rings. The van der Waals surface area contributed by atoms with E-state index in [9.17, 15) is 4.79 Å². The van der Waals surface area contributed by atoms with Gasteiger partial charge in [0.1, 0.15) is 0 Å². The molecule has 3 nitrogen and oxygen atoms in total. The van der Waals surface area contributed by atoms with Crippen molar-refractivity contribution in [1.29, 1.82) is 0 Å². The van der Waals surface area contributed by atoms with Crippen LogP contribution in [0.25, 0.3) is 0 Å². The van der Waals surface area contributed by atoms with E-state index in [0.29, 0.717) is 12.0 Å².